The number of aromatic nitrogens is 8. The third-order valence-electron chi connectivity index (χ3n) is 13.7. The third-order valence-corrected chi connectivity index (χ3v) is 13.7. The molecule has 368 valence electrons. The first-order valence-electron chi connectivity index (χ1n) is 25.3. The van der Waals surface area contributed by atoms with Crippen LogP contribution in [0.5, 0.6) is 0 Å². The molecule has 68 heavy (non-hydrogen) atoms. The summed E-state index contributed by atoms with van der Waals surface area (Å²) >= 11 is 0. The number of unbranched alkanes of at least 4 members (excludes halogenated alkanes) is 2. The maximum atomic E-state index is 4.27. The smallest absolute Gasteiger partial charge is 0.437 e. The fourth-order valence-electron chi connectivity index (χ4n) is 9.77. The van der Waals surface area contributed by atoms with E-state index < -0.39 is 0 Å². The van der Waals surface area contributed by atoms with Crippen LogP contribution >= 0.6 is 0 Å². The number of halogens is 2. The van der Waals surface area contributed by atoms with E-state index in [1.807, 2.05) is 46.1 Å². The van der Waals surface area contributed by atoms with E-state index >= 15 is 0 Å². The van der Waals surface area contributed by atoms with E-state index in [1.54, 1.807) is 24.8 Å². The van der Waals surface area contributed by atoms with E-state index in [4.69, 9.17) is 0 Å². The Labute approximate surface area is 453 Å². The average Bonchev–Trinajstić information content (AvgIpc) is 4.25. The summed E-state index contributed by atoms with van der Waals surface area (Å²) < 4.78 is 8.46. The number of rotatable bonds is 14. The summed E-state index contributed by atoms with van der Waals surface area (Å²) in [6.45, 7) is 2.24. The van der Waals surface area contributed by atoms with Crippen molar-refractivity contribution in [3.63, 3.8) is 0 Å². The first-order valence-corrected chi connectivity index (χ1v) is 25.3. The molecule has 12 heteroatoms. The molecule has 0 aliphatic heterocycles. The number of pyridine rings is 4. The SMILES string of the molecule is C1CCCC1.C1CCCC1.[Cl-].[Fe].[Fe].[I-].c1cnc(-[n+]2ccc(-c3cc[n+](CCCCC4CCCC4)cc3)cc2)nc1.c1cnc(-[n+]2ccc(-c3cc[n+](CCCCC4CCCC4)cc3)cc2)nc1. The molecule has 0 N–H and O–H groups in total. The molecule has 4 aliphatic carbocycles. The van der Waals surface area contributed by atoms with Crippen molar-refractivity contribution < 1.29 is 88.8 Å². The average molecular weight is 1140 g/mol. The Morgan fingerprint density at radius 1 is 0.368 bits per heavy atom. The van der Waals surface area contributed by atoms with Gasteiger partial charge in [0.15, 0.2) is 24.8 Å². The third kappa shape index (κ3) is 21.0. The molecule has 0 radical (unpaired) electrons. The summed E-state index contributed by atoms with van der Waals surface area (Å²) in [5.74, 6) is 3.40. The quantitative estimate of drug-likeness (QED) is 0.0579. The second kappa shape index (κ2) is 35.0. The van der Waals surface area contributed by atoms with Crippen LogP contribution in [0.1, 0.15) is 154 Å². The van der Waals surface area contributed by atoms with Crippen LogP contribution in [-0.2, 0) is 47.2 Å². The van der Waals surface area contributed by atoms with Crippen molar-refractivity contribution in [2.75, 3.05) is 0 Å². The molecular weight excluding hydrogens is 1060 g/mol. The van der Waals surface area contributed by atoms with Crippen molar-refractivity contribution >= 4 is 0 Å². The molecule has 10 rings (SSSR count). The fraction of sp³-hybridized carbons (Fsp3) is 0.500. The van der Waals surface area contributed by atoms with Gasteiger partial charge in [0, 0.05) is 83.4 Å². The van der Waals surface area contributed by atoms with Gasteiger partial charge in [-0.1, -0.05) is 148 Å². The Hall–Kier alpha value is -3.18. The van der Waals surface area contributed by atoms with Crippen LogP contribution in [0.15, 0.2) is 135 Å². The van der Waals surface area contributed by atoms with Crippen LogP contribution < -0.4 is 54.7 Å². The van der Waals surface area contributed by atoms with Gasteiger partial charge in [0.25, 0.3) is 0 Å². The van der Waals surface area contributed by atoms with Crippen molar-refractivity contribution in [2.45, 2.75) is 167 Å². The zero-order chi connectivity index (χ0) is 43.7. The zero-order valence-corrected chi connectivity index (χ0v) is 45.4. The Morgan fingerprint density at radius 3 is 0.912 bits per heavy atom. The van der Waals surface area contributed by atoms with Crippen molar-refractivity contribution in [2.24, 2.45) is 11.8 Å². The minimum atomic E-state index is 0. The fourth-order valence-corrected chi connectivity index (χ4v) is 9.77. The first-order chi connectivity index (χ1) is 31.8. The van der Waals surface area contributed by atoms with Gasteiger partial charge in [0.2, 0.25) is 0 Å². The predicted octanol–water partition coefficient (Wildman–Crippen LogP) is 6.04. The van der Waals surface area contributed by atoms with E-state index in [-0.39, 0.29) is 70.5 Å². The van der Waals surface area contributed by atoms with E-state index in [1.165, 1.54) is 176 Å². The van der Waals surface area contributed by atoms with Crippen molar-refractivity contribution in [1.82, 2.24) is 19.9 Å². The largest absolute Gasteiger partial charge is 1.00 e. The Balaban J connectivity index is 0.000000284. The van der Waals surface area contributed by atoms with Crippen LogP contribution in [0.3, 0.4) is 0 Å². The molecule has 0 aromatic carbocycles. The second-order valence-electron chi connectivity index (χ2n) is 18.6. The van der Waals surface area contributed by atoms with Crippen molar-refractivity contribution in [3.05, 3.63) is 135 Å². The van der Waals surface area contributed by atoms with Crippen LogP contribution in [0, 0.1) is 11.8 Å². The van der Waals surface area contributed by atoms with E-state index in [0.29, 0.717) is 11.9 Å². The molecule has 0 atom stereocenters. The molecule has 0 spiro atoms. The molecule has 0 bridgehead atoms. The predicted molar refractivity (Wildman–Crippen MR) is 256 cm³/mol. The van der Waals surface area contributed by atoms with Gasteiger partial charge in [-0.3, -0.25) is 0 Å². The van der Waals surface area contributed by atoms with Gasteiger partial charge in [-0.2, -0.15) is 0 Å². The minimum absolute atomic E-state index is 0. The summed E-state index contributed by atoms with van der Waals surface area (Å²) in [5.41, 5.74) is 4.88. The molecule has 4 saturated carbocycles. The monoisotopic (exact) mass is 1130 g/mol. The first kappa shape index (κ1) is 59.1. The van der Waals surface area contributed by atoms with E-state index in [9.17, 15) is 0 Å². The maximum absolute atomic E-state index is 4.27. The summed E-state index contributed by atoms with van der Waals surface area (Å²) in [6, 6.07) is 20.9. The normalized spacial score (nSPS) is 15.1. The Bertz CT molecular complexity index is 1960. The van der Waals surface area contributed by atoms with Gasteiger partial charge >= 0.3 is 11.9 Å². The van der Waals surface area contributed by atoms with Gasteiger partial charge in [0.1, 0.15) is 37.9 Å². The number of hydrogen-bond acceptors (Lipinski definition) is 4. The molecule has 0 unspecified atom stereocenters. The molecule has 8 nitrogen and oxygen atoms in total. The van der Waals surface area contributed by atoms with Gasteiger partial charge in [-0.05, 0) is 71.2 Å². The molecule has 6 aromatic heterocycles. The summed E-state index contributed by atoms with van der Waals surface area (Å²) in [7, 11) is 0. The molecular formula is C56H76ClFe2IN8+2. The van der Waals surface area contributed by atoms with Gasteiger partial charge in [-0.15, -0.1) is 0 Å². The summed E-state index contributed by atoms with van der Waals surface area (Å²) in [5, 5.41) is 0. The minimum Gasteiger partial charge on any atom is -1.00 e. The molecule has 6 heterocycles. The molecule has 0 amide bonds. The number of aryl methyl sites for hydroxylation is 2. The van der Waals surface area contributed by atoms with Gasteiger partial charge in [-0.25, -0.2) is 18.3 Å². The van der Waals surface area contributed by atoms with Crippen LogP contribution in [-0.4, -0.2) is 19.9 Å². The summed E-state index contributed by atoms with van der Waals surface area (Å²) in [6.07, 6.45) is 58.7. The molecule has 0 saturated heterocycles. The standard InChI is InChI=1S/2C23H28N4.2C5H10.ClH.2Fe.HI/c2*1-2-7-20(6-1)8-3-4-15-26-16-9-21(10-17-26)22-11-18-27(19-12-22)23-24-13-5-14-25-23;2*1-2-4-5-3-1;;;;/h2*5,9-14,16-20H,1-4,6-8,15H2;2*1-5H2;1H;;;1H/q2*+2;;;;;;/p-2. The van der Waals surface area contributed by atoms with Crippen LogP contribution in [0.4, 0.5) is 0 Å². The second-order valence-corrected chi connectivity index (χ2v) is 18.6. The Morgan fingerprint density at radius 2 is 0.632 bits per heavy atom. The number of hydrogen-bond donors (Lipinski definition) is 0. The van der Waals surface area contributed by atoms with Gasteiger partial charge < -0.3 is 36.4 Å². The van der Waals surface area contributed by atoms with Gasteiger partial charge in [0.05, 0.1) is 24.8 Å². The zero-order valence-electron chi connectivity index (χ0n) is 40.3. The van der Waals surface area contributed by atoms with Crippen LogP contribution in [0.25, 0.3) is 34.2 Å². The summed E-state index contributed by atoms with van der Waals surface area (Å²) in [4.78, 5) is 17.1. The van der Waals surface area contributed by atoms with Crippen molar-refractivity contribution in [3.8, 4) is 34.2 Å². The van der Waals surface area contributed by atoms with E-state index in [0.717, 1.165) is 24.9 Å². The maximum Gasteiger partial charge on any atom is 0.437 e. The topological polar surface area (TPSA) is 67.1 Å². The number of nitrogens with zero attached hydrogens (tertiary/aromatic N) is 8. The Kier molecular flexibility index (Phi) is 30.4. The molecule has 6 aromatic rings. The molecule has 4 aliphatic rings. The van der Waals surface area contributed by atoms with Crippen LogP contribution in [0.2, 0.25) is 0 Å². The van der Waals surface area contributed by atoms with E-state index in [2.05, 4.69) is 102 Å². The molecule has 4 fully saturated rings. The van der Waals surface area contributed by atoms with Crippen molar-refractivity contribution in [1.29, 1.82) is 0 Å².